The lowest BCUT2D eigenvalue weighted by Crippen LogP contribution is -1.94. The van der Waals surface area contributed by atoms with E-state index < -0.39 is 0 Å². The molecule has 0 saturated heterocycles. The first-order chi connectivity index (χ1) is 5.93. The van der Waals surface area contributed by atoms with Gasteiger partial charge < -0.3 is 4.57 Å². The zero-order chi connectivity index (χ0) is 8.65. The van der Waals surface area contributed by atoms with Gasteiger partial charge in [0.2, 0.25) is 6.08 Å². The van der Waals surface area contributed by atoms with Gasteiger partial charge in [0.15, 0.2) is 0 Å². The molecule has 64 valence electrons. The molecule has 4 nitrogen and oxygen atoms in total. The Kier molecular flexibility index (Phi) is 3.81. The van der Waals surface area contributed by atoms with E-state index in [9.17, 15) is 4.79 Å². The van der Waals surface area contributed by atoms with Crippen molar-refractivity contribution >= 4 is 6.08 Å². The molecule has 0 radical (unpaired) electrons. The van der Waals surface area contributed by atoms with Crippen molar-refractivity contribution in [2.75, 3.05) is 6.54 Å². The van der Waals surface area contributed by atoms with Crippen LogP contribution >= 0.6 is 0 Å². The second kappa shape index (κ2) is 5.27. The van der Waals surface area contributed by atoms with Crippen molar-refractivity contribution in [1.29, 1.82) is 0 Å². The highest BCUT2D eigenvalue weighted by molar-refractivity contribution is 5.32. The lowest BCUT2D eigenvalue weighted by Gasteiger charge is -1.98. The van der Waals surface area contributed by atoms with Gasteiger partial charge in [0.05, 0.1) is 12.9 Å². The van der Waals surface area contributed by atoms with Crippen molar-refractivity contribution < 1.29 is 4.79 Å². The molecule has 12 heavy (non-hydrogen) atoms. The molecule has 0 aliphatic rings. The average molecular weight is 165 g/mol. The maximum atomic E-state index is 9.69. The minimum atomic E-state index is 0.582. The van der Waals surface area contributed by atoms with E-state index >= 15 is 0 Å². The number of carbonyl (C=O) groups excluding carboxylic acids is 1. The Morgan fingerprint density at radius 3 is 3.08 bits per heavy atom. The predicted octanol–water partition coefficient (Wildman–Crippen LogP) is 0.999. The van der Waals surface area contributed by atoms with Gasteiger partial charge >= 0.3 is 0 Å². The second-order valence-electron chi connectivity index (χ2n) is 2.48. The van der Waals surface area contributed by atoms with E-state index in [0.29, 0.717) is 6.54 Å². The maximum absolute atomic E-state index is 9.69. The topological polar surface area (TPSA) is 47.2 Å². The number of aryl methyl sites for hydroxylation is 1. The number of imidazole rings is 1. The number of aliphatic imine (C=N–C) groups is 1. The van der Waals surface area contributed by atoms with Gasteiger partial charge in [-0.3, -0.25) is 0 Å². The highest BCUT2D eigenvalue weighted by Crippen LogP contribution is 1.94. The van der Waals surface area contributed by atoms with Crippen LogP contribution in [0, 0.1) is 0 Å². The lowest BCUT2D eigenvalue weighted by atomic mass is 10.3. The van der Waals surface area contributed by atoms with Crippen LogP contribution in [0.5, 0.6) is 0 Å². The molecule has 0 unspecified atom stereocenters. The van der Waals surface area contributed by atoms with Gasteiger partial charge in [-0.2, -0.15) is 0 Å². The first-order valence-electron chi connectivity index (χ1n) is 3.93. The summed E-state index contributed by atoms with van der Waals surface area (Å²) in [6, 6.07) is 0. The molecule has 0 amide bonds. The number of nitrogens with zero attached hydrogens (tertiary/aromatic N) is 3. The summed E-state index contributed by atoms with van der Waals surface area (Å²) in [5.74, 6) is 0. The Hall–Kier alpha value is -1.41. The molecule has 4 heteroatoms. The van der Waals surface area contributed by atoms with Gasteiger partial charge in [0.1, 0.15) is 0 Å². The summed E-state index contributed by atoms with van der Waals surface area (Å²) < 4.78 is 2.00. The average Bonchev–Trinajstić information content (AvgIpc) is 2.57. The minimum absolute atomic E-state index is 0.582. The van der Waals surface area contributed by atoms with Crippen molar-refractivity contribution in [3.8, 4) is 0 Å². The first kappa shape index (κ1) is 8.68. The SMILES string of the molecule is O=C=NCCCCn1ccnc1. The summed E-state index contributed by atoms with van der Waals surface area (Å²) in [6.07, 6.45) is 8.91. The van der Waals surface area contributed by atoms with E-state index in [-0.39, 0.29) is 0 Å². The molecule has 0 aromatic carbocycles. The number of rotatable bonds is 5. The van der Waals surface area contributed by atoms with E-state index in [1.54, 1.807) is 12.5 Å². The van der Waals surface area contributed by atoms with Gasteiger partial charge in [-0.25, -0.2) is 14.8 Å². The van der Waals surface area contributed by atoms with Crippen LogP contribution in [0.15, 0.2) is 23.7 Å². The fraction of sp³-hybridized carbons (Fsp3) is 0.500. The maximum Gasteiger partial charge on any atom is 0.234 e. The minimum Gasteiger partial charge on any atom is -0.337 e. The van der Waals surface area contributed by atoms with Crippen molar-refractivity contribution in [3.63, 3.8) is 0 Å². The highest BCUT2D eigenvalue weighted by Gasteiger charge is 1.89. The van der Waals surface area contributed by atoms with Crippen LogP contribution in [-0.2, 0) is 11.3 Å². The summed E-state index contributed by atoms with van der Waals surface area (Å²) in [5.41, 5.74) is 0. The monoisotopic (exact) mass is 165 g/mol. The Morgan fingerprint density at radius 2 is 2.42 bits per heavy atom. The van der Waals surface area contributed by atoms with E-state index in [1.807, 2.05) is 10.8 Å². The van der Waals surface area contributed by atoms with Gasteiger partial charge in [-0.15, -0.1) is 0 Å². The van der Waals surface area contributed by atoms with Gasteiger partial charge in [-0.05, 0) is 12.8 Å². The molecular weight excluding hydrogens is 154 g/mol. The molecule has 0 spiro atoms. The van der Waals surface area contributed by atoms with Crippen molar-refractivity contribution in [2.45, 2.75) is 19.4 Å². The molecule has 0 atom stereocenters. The summed E-state index contributed by atoms with van der Waals surface area (Å²) in [5, 5.41) is 0. The summed E-state index contributed by atoms with van der Waals surface area (Å²) in [4.78, 5) is 17.1. The Balaban J connectivity index is 2.07. The molecule has 0 bridgehead atoms. The van der Waals surface area contributed by atoms with Crippen molar-refractivity contribution in [3.05, 3.63) is 18.7 Å². The fourth-order valence-corrected chi connectivity index (χ4v) is 0.950. The van der Waals surface area contributed by atoms with Crippen LogP contribution in [-0.4, -0.2) is 22.2 Å². The molecule has 0 fully saturated rings. The van der Waals surface area contributed by atoms with E-state index in [2.05, 4.69) is 9.98 Å². The van der Waals surface area contributed by atoms with Gasteiger partial charge in [0.25, 0.3) is 0 Å². The molecule has 0 aliphatic carbocycles. The number of unbranched alkanes of at least 4 members (excludes halogenated alkanes) is 1. The smallest absolute Gasteiger partial charge is 0.234 e. The van der Waals surface area contributed by atoms with Crippen LogP contribution in [0.25, 0.3) is 0 Å². The van der Waals surface area contributed by atoms with Crippen LogP contribution in [0.2, 0.25) is 0 Å². The Bertz CT molecular complexity index is 249. The molecule has 0 saturated carbocycles. The molecule has 0 N–H and O–H groups in total. The van der Waals surface area contributed by atoms with Crippen molar-refractivity contribution in [2.24, 2.45) is 4.99 Å². The quantitative estimate of drug-likeness (QED) is 0.371. The zero-order valence-electron chi connectivity index (χ0n) is 6.81. The van der Waals surface area contributed by atoms with Crippen LogP contribution < -0.4 is 0 Å². The van der Waals surface area contributed by atoms with E-state index in [0.717, 1.165) is 19.4 Å². The third kappa shape index (κ3) is 3.12. The van der Waals surface area contributed by atoms with Crippen LogP contribution in [0.3, 0.4) is 0 Å². The number of aromatic nitrogens is 2. The summed E-state index contributed by atoms with van der Waals surface area (Å²) in [6.45, 7) is 1.52. The number of hydrogen-bond donors (Lipinski definition) is 0. The molecule has 1 aromatic rings. The zero-order valence-corrected chi connectivity index (χ0v) is 6.81. The van der Waals surface area contributed by atoms with Crippen molar-refractivity contribution in [1.82, 2.24) is 9.55 Å². The van der Waals surface area contributed by atoms with Gasteiger partial charge in [-0.1, -0.05) is 0 Å². The summed E-state index contributed by atoms with van der Waals surface area (Å²) in [7, 11) is 0. The second-order valence-corrected chi connectivity index (χ2v) is 2.48. The molecule has 1 heterocycles. The Labute approximate surface area is 71.0 Å². The largest absolute Gasteiger partial charge is 0.337 e. The van der Waals surface area contributed by atoms with Gasteiger partial charge in [0, 0.05) is 18.9 Å². The third-order valence-electron chi connectivity index (χ3n) is 1.56. The third-order valence-corrected chi connectivity index (χ3v) is 1.56. The molecule has 0 aliphatic heterocycles. The van der Waals surface area contributed by atoms with Crippen LogP contribution in [0.1, 0.15) is 12.8 Å². The standard InChI is InChI=1S/C8H11N3O/c12-8-10-3-1-2-5-11-6-4-9-7-11/h4,6-7H,1-3,5H2. The van der Waals surface area contributed by atoms with E-state index in [1.165, 1.54) is 6.08 Å². The fourth-order valence-electron chi connectivity index (χ4n) is 0.950. The number of hydrogen-bond acceptors (Lipinski definition) is 3. The van der Waals surface area contributed by atoms with E-state index in [4.69, 9.17) is 0 Å². The predicted molar refractivity (Wildman–Crippen MR) is 44.4 cm³/mol. The van der Waals surface area contributed by atoms with Crippen LogP contribution in [0.4, 0.5) is 0 Å². The molecular formula is C8H11N3O. The summed E-state index contributed by atoms with van der Waals surface area (Å²) >= 11 is 0. The normalized spacial score (nSPS) is 9.33. The highest BCUT2D eigenvalue weighted by atomic mass is 16.1. The number of isocyanates is 1. The molecule has 1 aromatic heterocycles. The lowest BCUT2D eigenvalue weighted by molar-refractivity contribution is 0.560. The molecule has 1 rings (SSSR count). The Morgan fingerprint density at radius 1 is 1.50 bits per heavy atom. The first-order valence-corrected chi connectivity index (χ1v) is 3.93.